The zero-order valence-electron chi connectivity index (χ0n) is 8.33. The molecule has 3 nitrogen and oxygen atoms in total. The lowest BCUT2D eigenvalue weighted by Gasteiger charge is -2.25. The van der Waals surface area contributed by atoms with Crippen LogP contribution in [0.4, 0.5) is 4.39 Å². The van der Waals surface area contributed by atoms with Crippen LogP contribution in [0, 0.1) is 5.82 Å². The lowest BCUT2D eigenvalue weighted by molar-refractivity contribution is 0.504. The van der Waals surface area contributed by atoms with Crippen LogP contribution in [-0.2, 0) is 9.84 Å². The van der Waals surface area contributed by atoms with Gasteiger partial charge in [0.1, 0.15) is 10.7 Å². The van der Waals surface area contributed by atoms with Crippen molar-refractivity contribution < 1.29 is 12.8 Å². The number of hydrogen-bond acceptors (Lipinski definition) is 3. The molecule has 1 aliphatic rings. The summed E-state index contributed by atoms with van der Waals surface area (Å²) < 4.78 is 36.8. The van der Waals surface area contributed by atoms with Crippen LogP contribution < -0.4 is 5.32 Å². The van der Waals surface area contributed by atoms with E-state index in [2.05, 4.69) is 5.32 Å². The van der Waals surface area contributed by atoms with Gasteiger partial charge in [0, 0.05) is 6.04 Å². The molecule has 2 rings (SSSR count). The maximum absolute atomic E-state index is 13.5. The molecule has 1 atom stereocenters. The van der Waals surface area contributed by atoms with E-state index < -0.39 is 15.7 Å². The van der Waals surface area contributed by atoms with Gasteiger partial charge in [0.2, 0.25) is 0 Å². The van der Waals surface area contributed by atoms with Crippen molar-refractivity contribution in [3.8, 4) is 0 Å². The monoisotopic (exact) mass is 229 g/mol. The molecule has 0 radical (unpaired) electrons. The first kappa shape index (κ1) is 10.6. The highest BCUT2D eigenvalue weighted by molar-refractivity contribution is 7.91. The van der Waals surface area contributed by atoms with Crippen LogP contribution in [0.25, 0.3) is 0 Å². The first-order valence-electron chi connectivity index (χ1n) is 4.74. The minimum atomic E-state index is -3.43. The fourth-order valence-electron chi connectivity index (χ4n) is 1.96. The van der Waals surface area contributed by atoms with Crippen LogP contribution in [0.3, 0.4) is 0 Å². The lowest BCUT2D eigenvalue weighted by Crippen LogP contribution is -2.28. The van der Waals surface area contributed by atoms with E-state index in [-0.39, 0.29) is 16.7 Å². The van der Waals surface area contributed by atoms with E-state index in [0.717, 1.165) is 0 Å². The number of benzene rings is 1. The van der Waals surface area contributed by atoms with Crippen LogP contribution in [0.15, 0.2) is 23.1 Å². The van der Waals surface area contributed by atoms with Gasteiger partial charge in [-0.25, -0.2) is 12.8 Å². The summed E-state index contributed by atoms with van der Waals surface area (Å²) in [5.74, 6) is -0.639. The van der Waals surface area contributed by atoms with Crippen molar-refractivity contribution in [2.45, 2.75) is 17.4 Å². The van der Waals surface area contributed by atoms with Crippen molar-refractivity contribution in [1.82, 2.24) is 5.32 Å². The van der Waals surface area contributed by atoms with E-state index in [0.29, 0.717) is 12.0 Å². The number of nitrogens with one attached hydrogen (secondary N) is 1. The normalized spacial score (nSPS) is 23.5. The fourth-order valence-corrected chi connectivity index (χ4v) is 3.64. The molecule has 0 amide bonds. The summed E-state index contributed by atoms with van der Waals surface area (Å²) in [5, 5.41) is 2.99. The molecule has 15 heavy (non-hydrogen) atoms. The molecule has 0 fully saturated rings. The standard InChI is InChI=1S/C10H12FNO2S/c1-12-9-5-6-15(13,14)10-7(9)3-2-4-8(10)11/h2-4,9,12H,5-6H2,1H3. The molecule has 1 unspecified atom stereocenters. The summed E-state index contributed by atoms with van der Waals surface area (Å²) in [6.07, 6.45) is 0.495. The van der Waals surface area contributed by atoms with Crippen LogP contribution in [0.5, 0.6) is 0 Å². The highest BCUT2D eigenvalue weighted by Gasteiger charge is 2.31. The summed E-state index contributed by atoms with van der Waals surface area (Å²) in [5.41, 5.74) is 0.545. The maximum Gasteiger partial charge on any atom is 0.181 e. The third-order valence-corrected chi connectivity index (χ3v) is 4.53. The summed E-state index contributed by atoms with van der Waals surface area (Å²) in [4.78, 5) is -0.129. The van der Waals surface area contributed by atoms with E-state index in [4.69, 9.17) is 0 Å². The molecule has 1 N–H and O–H groups in total. The van der Waals surface area contributed by atoms with Gasteiger partial charge in [-0.3, -0.25) is 0 Å². The minimum absolute atomic E-state index is 0.00639. The Labute approximate surface area is 88.2 Å². The summed E-state index contributed by atoms with van der Waals surface area (Å²) in [6, 6.07) is 4.32. The Bertz CT molecular complexity index is 484. The van der Waals surface area contributed by atoms with E-state index in [1.54, 1.807) is 19.2 Å². The molecule has 82 valence electrons. The quantitative estimate of drug-likeness (QED) is 0.788. The SMILES string of the molecule is CNC1CCS(=O)(=O)c2c(F)cccc21. The maximum atomic E-state index is 13.5. The first-order chi connectivity index (χ1) is 7.06. The predicted octanol–water partition coefficient (Wildman–Crippen LogP) is 1.26. The van der Waals surface area contributed by atoms with Gasteiger partial charge in [-0.2, -0.15) is 0 Å². The Hall–Kier alpha value is -0.940. The molecular weight excluding hydrogens is 217 g/mol. The average molecular weight is 229 g/mol. The second kappa shape index (κ2) is 3.57. The molecule has 0 saturated carbocycles. The van der Waals surface area contributed by atoms with Gasteiger partial charge < -0.3 is 5.32 Å². The van der Waals surface area contributed by atoms with Crippen LogP contribution in [0.1, 0.15) is 18.0 Å². The second-order valence-electron chi connectivity index (χ2n) is 3.61. The largest absolute Gasteiger partial charge is 0.313 e. The molecular formula is C10H12FNO2S. The van der Waals surface area contributed by atoms with Crippen molar-refractivity contribution in [2.75, 3.05) is 12.8 Å². The zero-order chi connectivity index (χ0) is 11.1. The highest BCUT2D eigenvalue weighted by Crippen LogP contribution is 2.33. The molecule has 0 spiro atoms. The third-order valence-electron chi connectivity index (χ3n) is 2.71. The lowest BCUT2D eigenvalue weighted by atomic mass is 10.0. The van der Waals surface area contributed by atoms with E-state index in [1.165, 1.54) is 6.07 Å². The van der Waals surface area contributed by atoms with E-state index in [1.807, 2.05) is 0 Å². The van der Waals surface area contributed by atoms with Gasteiger partial charge in [-0.1, -0.05) is 12.1 Å². The molecule has 1 heterocycles. The molecule has 0 bridgehead atoms. The van der Waals surface area contributed by atoms with Crippen LogP contribution in [-0.4, -0.2) is 21.2 Å². The Balaban J connectivity index is 2.69. The number of fused-ring (bicyclic) bond motifs is 1. The van der Waals surface area contributed by atoms with Crippen molar-refractivity contribution >= 4 is 9.84 Å². The highest BCUT2D eigenvalue weighted by atomic mass is 32.2. The first-order valence-corrected chi connectivity index (χ1v) is 6.40. The Morgan fingerprint density at radius 1 is 1.47 bits per heavy atom. The van der Waals surface area contributed by atoms with Gasteiger partial charge in [-0.15, -0.1) is 0 Å². The number of hydrogen-bond donors (Lipinski definition) is 1. The minimum Gasteiger partial charge on any atom is -0.313 e. The van der Waals surface area contributed by atoms with Gasteiger partial charge in [0.25, 0.3) is 0 Å². The van der Waals surface area contributed by atoms with Crippen molar-refractivity contribution in [3.63, 3.8) is 0 Å². The second-order valence-corrected chi connectivity index (χ2v) is 5.65. The number of rotatable bonds is 1. The van der Waals surface area contributed by atoms with E-state index >= 15 is 0 Å². The van der Waals surface area contributed by atoms with Crippen LogP contribution >= 0.6 is 0 Å². The predicted molar refractivity (Wildman–Crippen MR) is 54.9 cm³/mol. The molecule has 0 saturated heterocycles. The Morgan fingerprint density at radius 2 is 2.20 bits per heavy atom. The van der Waals surface area contributed by atoms with Gasteiger partial charge in [-0.05, 0) is 25.1 Å². The summed E-state index contributed by atoms with van der Waals surface area (Å²) in [6.45, 7) is 0. The van der Waals surface area contributed by atoms with Gasteiger partial charge >= 0.3 is 0 Å². The molecule has 0 aliphatic carbocycles. The summed E-state index contributed by atoms with van der Waals surface area (Å²) >= 11 is 0. The molecule has 5 heteroatoms. The smallest absolute Gasteiger partial charge is 0.181 e. The van der Waals surface area contributed by atoms with Crippen molar-refractivity contribution in [1.29, 1.82) is 0 Å². The van der Waals surface area contributed by atoms with Crippen molar-refractivity contribution in [3.05, 3.63) is 29.6 Å². The Morgan fingerprint density at radius 3 is 2.87 bits per heavy atom. The van der Waals surface area contributed by atoms with Gasteiger partial charge in [0.15, 0.2) is 9.84 Å². The molecule has 1 aromatic carbocycles. The topological polar surface area (TPSA) is 46.2 Å². The van der Waals surface area contributed by atoms with E-state index in [9.17, 15) is 12.8 Å². The molecule has 1 aromatic rings. The van der Waals surface area contributed by atoms with Crippen molar-refractivity contribution in [2.24, 2.45) is 0 Å². The molecule has 0 aromatic heterocycles. The molecule has 1 aliphatic heterocycles. The zero-order valence-corrected chi connectivity index (χ0v) is 9.14. The average Bonchev–Trinajstić information content (AvgIpc) is 2.17. The number of sulfone groups is 1. The fraction of sp³-hybridized carbons (Fsp3) is 0.400. The summed E-state index contributed by atoms with van der Waals surface area (Å²) in [7, 11) is -1.68. The number of halogens is 1. The van der Waals surface area contributed by atoms with Crippen LogP contribution in [0.2, 0.25) is 0 Å². The third kappa shape index (κ3) is 1.66. The van der Waals surface area contributed by atoms with Gasteiger partial charge in [0.05, 0.1) is 5.75 Å². The Kier molecular flexibility index (Phi) is 2.52.